The van der Waals surface area contributed by atoms with E-state index in [0.717, 1.165) is 28.2 Å². The van der Waals surface area contributed by atoms with E-state index in [2.05, 4.69) is 44.3 Å². The molecule has 1 aromatic heterocycles. The van der Waals surface area contributed by atoms with Crippen molar-refractivity contribution in [2.24, 2.45) is 0 Å². The van der Waals surface area contributed by atoms with Crippen LogP contribution in [-0.4, -0.2) is 16.1 Å². The number of carbonyl (C=O) groups is 1. The number of nitrogens with one attached hydrogen (secondary N) is 1. The predicted molar refractivity (Wildman–Crippen MR) is 116 cm³/mol. The van der Waals surface area contributed by atoms with Crippen LogP contribution >= 0.6 is 23.4 Å². The van der Waals surface area contributed by atoms with Crippen LogP contribution in [0.3, 0.4) is 0 Å². The second kappa shape index (κ2) is 8.32. The highest BCUT2D eigenvalue weighted by molar-refractivity contribution is 8.00. The standard InChI is InChI=1S/C22H23ClN2OS/c1-5-19(22(26)24-17-8-6-16(23)7-9-17)27-20-12-14(3)18-11-13(2)10-15(4)21(18)25-20/h6-12,19H,5H2,1-4H3,(H,24,26). The summed E-state index contributed by atoms with van der Waals surface area (Å²) < 4.78 is 0. The van der Waals surface area contributed by atoms with Crippen molar-refractivity contribution in [3.8, 4) is 0 Å². The van der Waals surface area contributed by atoms with Crippen molar-refractivity contribution >= 4 is 45.9 Å². The Morgan fingerprint density at radius 2 is 1.81 bits per heavy atom. The second-order valence-electron chi connectivity index (χ2n) is 6.77. The number of aromatic nitrogens is 1. The summed E-state index contributed by atoms with van der Waals surface area (Å²) in [5, 5.41) is 5.46. The molecule has 1 unspecified atom stereocenters. The van der Waals surface area contributed by atoms with Crippen LogP contribution in [0.5, 0.6) is 0 Å². The lowest BCUT2D eigenvalue weighted by atomic mass is 10.0. The number of anilines is 1. The molecule has 140 valence electrons. The van der Waals surface area contributed by atoms with Crippen LogP contribution in [-0.2, 0) is 4.79 Å². The molecule has 0 saturated carbocycles. The van der Waals surface area contributed by atoms with Gasteiger partial charge in [0.05, 0.1) is 15.8 Å². The van der Waals surface area contributed by atoms with Gasteiger partial charge in [0.15, 0.2) is 0 Å². The number of fused-ring (bicyclic) bond motifs is 1. The van der Waals surface area contributed by atoms with Crippen molar-refractivity contribution in [2.75, 3.05) is 5.32 Å². The largest absolute Gasteiger partial charge is 0.325 e. The lowest BCUT2D eigenvalue weighted by Crippen LogP contribution is -2.24. The van der Waals surface area contributed by atoms with E-state index in [4.69, 9.17) is 16.6 Å². The van der Waals surface area contributed by atoms with Crippen LogP contribution < -0.4 is 5.32 Å². The Hall–Kier alpha value is -2.04. The topological polar surface area (TPSA) is 42.0 Å². The molecule has 0 aliphatic heterocycles. The zero-order chi connectivity index (χ0) is 19.6. The molecule has 1 heterocycles. The third-order valence-electron chi connectivity index (χ3n) is 4.47. The Morgan fingerprint density at radius 3 is 2.48 bits per heavy atom. The summed E-state index contributed by atoms with van der Waals surface area (Å²) in [5.74, 6) is -0.0231. The molecule has 1 atom stereocenters. The maximum atomic E-state index is 12.7. The minimum atomic E-state index is -0.212. The van der Waals surface area contributed by atoms with Crippen molar-refractivity contribution in [1.29, 1.82) is 0 Å². The third-order valence-corrected chi connectivity index (χ3v) is 6.00. The summed E-state index contributed by atoms with van der Waals surface area (Å²) in [5.41, 5.74) is 5.34. The number of hydrogen-bond donors (Lipinski definition) is 1. The van der Waals surface area contributed by atoms with Crippen LogP contribution in [0.1, 0.15) is 30.0 Å². The van der Waals surface area contributed by atoms with Crippen molar-refractivity contribution in [2.45, 2.75) is 44.4 Å². The van der Waals surface area contributed by atoms with E-state index in [9.17, 15) is 4.79 Å². The number of thioether (sulfide) groups is 1. The van der Waals surface area contributed by atoms with Crippen LogP contribution in [0.25, 0.3) is 10.9 Å². The van der Waals surface area contributed by atoms with Gasteiger partial charge in [0.1, 0.15) is 0 Å². The first-order valence-corrected chi connectivity index (χ1v) is 10.2. The summed E-state index contributed by atoms with van der Waals surface area (Å²) in [6.45, 7) is 8.30. The molecule has 1 N–H and O–H groups in total. The van der Waals surface area contributed by atoms with Crippen molar-refractivity contribution < 1.29 is 4.79 Å². The van der Waals surface area contributed by atoms with Gasteiger partial charge >= 0.3 is 0 Å². The molecule has 3 nitrogen and oxygen atoms in total. The molecule has 0 saturated heterocycles. The fourth-order valence-corrected chi connectivity index (χ4v) is 4.24. The summed E-state index contributed by atoms with van der Waals surface area (Å²) in [7, 11) is 0. The Morgan fingerprint density at radius 1 is 1.11 bits per heavy atom. The fraction of sp³-hybridized carbons (Fsp3) is 0.273. The highest BCUT2D eigenvalue weighted by Gasteiger charge is 2.19. The second-order valence-corrected chi connectivity index (χ2v) is 8.43. The molecule has 0 aliphatic rings. The minimum Gasteiger partial charge on any atom is -0.325 e. The number of pyridine rings is 1. The number of rotatable bonds is 5. The number of halogens is 1. The number of amides is 1. The van der Waals surface area contributed by atoms with Crippen LogP contribution in [0, 0.1) is 20.8 Å². The highest BCUT2D eigenvalue weighted by atomic mass is 35.5. The molecule has 2 aromatic carbocycles. The number of carbonyl (C=O) groups excluding carboxylic acids is 1. The van der Waals surface area contributed by atoms with E-state index in [1.54, 1.807) is 12.1 Å². The average molecular weight is 399 g/mol. The van der Waals surface area contributed by atoms with Gasteiger partial charge in [-0.3, -0.25) is 4.79 Å². The van der Waals surface area contributed by atoms with Gasteiger partial charge in [-0.2, -0.15) is 0 Å². The van der Waals surface area contributed by atoms with E-state index >= 15 is 0 Å². The summed E-state index contributed by atoms with van der Waals surface area (Å²) in [6, 6.07) is 13.5. The van der Waals surface area contributed by atoms with E-state index < -0.39 is 0 Å². The number of aryl methyl sites for hydroxylation is 3. The van der Waals surface area contributed by atoms with Crippen LogP contribution in [0.15, 0.2) is 47.5 Å². The molecule has 0 bridgehead atoms. The maximum Gasteiger partial charge on any atom is 0.237 e. The third kappa shape index (κ3) is 4.63. The van der Waals surface area contributed by atoms with E-state index in [0.29, 0.717) is 5.02 Å². The molecule has 27 heavy (non-hydrogen) atoms. The first kappa shape index (κ1) is 19.7. The Bertz CT molecular complexity index is 986. The molecule has 0 aliphatic carbocycles. The molecule has 5 heteroatoms. The molecule has 0 spiro atoms. The number of hydrogen-bond acceptors (Lipinski definition) is 3. The predicted octanol–water partition coefficient (Wildman–Crippen LogP) is 6.32. The molecule has 3 aromatic rings. The van der Waals surface area contributed by atoms with Crippen LogP contribution in [0.4, 0.5) is 5.69 Å². The summed E-state index contributed by atoms with van der Waals surface area (Å²) in [4.78, 5) is 17.5. The molecule has 0 radical (unpaired) electrons. The first-order valence-electron chi connectivity index (χ1n) is 8.99. The quantitative estimate of drug-likeness (QED) is 0.511. The fourth-order valence-electron chi connectivity index (χ4n) is 3.10. The Kier molecular flexibility index (Phi) is 6.08. The average Bonchev–Trinajstić information content (AvgIpc) is 2.62. The van der Waals surface area contributed by atoms with Crippen molar-refractivity contribution in [1.82, 2.24) is 4.98 Å². The number of nitrogens with zero attached hydrogens (tertiary/aromatic N) is 1. The Labute approximate surface area is 169 Å². The lowest BCUT2D eigenvalue weighted by molar-refractivity contribution is -0.115. The first-order chi connectivity index (χ1) is 12.9. The monoisotopic (exact) mass is 398 g/mol. The zero-order valence-electron chi connectivity index (χ0n) is 16.0. The van der Waals surface area contributed by atoms with Gasteiger partial charge in [0, 0.05) is 16.1 Å². The van der Waals surface area contributed by atoms with Crippen molar-refractivity contribution in [3.63, 3.8) is 0 Å². The molecule has 0 fully saturated rings. The lowest BCUT2D eigenvalue weighted by Gasteiger charge is -2.16. The maximum absolute atomic E-state index is 12.7. The number of benzene rings is 2. The van der Waals surface area contributed by atoms with Gasteiger partial charge in [-0.1, -0.05) is 41.9 Å². The molecular formula is C22H23ClN2OS. The minimum absolute atomic E-state index is 0.0231. The Balaban J connectivity index is 1.83. The molecular weight excluding hydrogens is 376 g/mol. The van der Waals surface area contributed by atoms with Gasteiger partial charge in [0.2, 0.25) is 5.91 Å². The summed E-state index contributed by atoms with van der Waals surface area (Å²) in [6.07, 6.45) is 0.718. The molecule has 3 rings (SSSR count). The highest BCUT2D eigenvalue weighted by Crippen LogP contribution is 2.30. The van der Waals surface area contributed by atoms with E-state index in [-0.39, 0.29) is 11.2 Å². The SMILES string of the molecule is CCC(Sc1cc(C)c2cc(C)cc(C)c2n1)C(=O)Nc1ccc(Cl)cc1. The summed E-state index contributed by atoms with van der Waals surface area (Å²) >= 11 is 7.42. The van der Waals surface area contributed by atoms with Gasteiger partial charge < -0.3 is 5.32 Å². The van der Waals surface area contributed by atoms with E-state index in [1.165, 1.54) is 28.3 Å². The normalized spacial score (nSPS) is 12.2. The molecule has 1 amide bonds. The smallest absolute Gasteiger partial charge is 0.237 e. The van der Waals surface area contributed by atoms with Crippen LogP contribution in [0.2, 0.25) is 5.02 Å². The van der Waals surface area contributed by atoms with Gasteiger partial charge in [-0.05, 0) is 74.7 Å². The van der Waals surface area contributed by atoms with Gasteiger partial charge in [-0.25, -0.2) is 4.98 Å². The zero-order valence-corrected chi connectivity index (χ0v) is 17.5. The van der Waals surface area contributed by atoms with Gasteiger partial charge in [-0.15, -0.1) is 0 Å². The van der Waals surface area contributed by atoms with Gasteiger partial charge in [0.25, 0.3) is 0 Å². The van der Waals surface area contributed by atoms with Crippen molar-refractivity contribution in [3.05, 3.63) is 64.2 Å². The van der Waals surface area contributed by atoms with E-state index in [1.807, 2.05) is 19.1 Å².